The summed E-state index contributed by atoms with van der Waals surface area (Å²) < 4.78 is 51.5. The molecule has 0 aliphatic heterocycles. The first kappa shape index (κ1) is 31.9. The average Bonchev–Trinajstić information content (AvgIpc) is 3.02. The van der Waals surface area contributed by atoms with E-state index in [9.17, 15) is 18.0 Å². The van der Waals surface area contributed by atoms with Gasteiger partial charge in [-0.15, -0.1) is 0 Å². The van der Waals surface area contributed by atoms with Crippen LogP contribution >= 0.6 is 11.6 Å². The smallest absolute Gasteiger partial charge is 0.417 e. The maximum absolute atomic E-state index is 13.6. The average molecular weight is 611 g/mol. The van der Waals surface area contributed by atoms with Gasteiger partial charge < -0.3 is 14.8 Å². The van der Waals surface area contributed by atoms with E-state index in [4.69, 9.17) is 16.3 Å². The van der Waals surface area contributed by atoms with Gasteiger partial charge in [0.25, 0.3) is 0 Å². The van der Waals surface area contributed by atoms with E-state index in [1.165, 1.54) is 13.2 Å². The first-order valence-corrected chi connectivity index (χ1v) is 14.3. The number of nitrogens with one attached hydrogen (secondary N) is 1. The molecule has 5 nitrogen and oxygen atoms in total. The van der Waals surface area contributed by atoms with Gasteiger partial charge in [0.2, 0.25) is 0 Å². The number of alkyl halides is 3. The summed E-state index contributed by atoms with van der Waals surface area (Å²) in [5, 5.41) is 2.71. The van der Waals surface area contributed by atoms with Crippen LogP contribution in [0.1, 0.15) is 34.6 Å². The van der Waals surface area contributed by atoms with Crippen LogP contribution in [0.15, 0.2) is 103 Å². The summed E-state index contributed by atoms with van der Waals surface area (Å²) in [7, 11) is 1.33. The number of carbonyl (C=O) groups excluding carboxylic acids is 1. The zero-order valence-electron chi connectivity index (χ0n) is 23.8. The third-order valence-corrected chi connectivity index (χ3v) is 7.46. The van der Waals surface area contributed by atoms with Crippen molar-refractivity contribution in [3.05, 3.63) is 130 Å². The lowest BCUT2D eigenvalue weighted by Crippen LogP contribution is -2.31. The fraction of sp³-hybridized carbons (Fsp3) is 0.265. The Kier molecular flexibility index (Phi) is 11.5. The van der Waals surface area contributed by atoms with Gasteiger partial charge in [0, 0.05) is 37.3 Å². The van der Waals surface area contributed by atoms with Crippen LogP contribution in [0.3, 0.4) is 0 Å². The predicted molar refractivity (Wildman–Crippen MR) is 164 cm³/mol. The molecule has 1 N–H and O–H groups in total. The Morgan fingerprint density at radius 3 is 2.19 bits per heavy atom. The van der Waals surface area contributed by atoms with E-state index in [-0.39, 0.29) is 30.0 Å². The lowest BCUT2D eigenvalue weighted by Gasteiger charge is -2.29. The van der Waals surface area contributed by atoms with Crippen LogP contribution in [0.25, 0.3) is 0 Å². The van der Waals surface area contributed by atoms with Gasteiger partial charge in [0.05, 0.1) is 24.3 Å². The Morgan fingerprint density at radius 2 is 1.56 bits per heavy atom. The topological polar surface area (TPSA) is 50.8 Å². The molecule has 4 rings (SSSR count). The monoisotopic (exact) mass is 610 g/mol. The highest BCUT2D eigenvalue weighted by atomic mass is 35.5. The number of hydrogen-bond donors (Lipinski definition) is 1. The lowest BCUT2D eigenvalue weighted by atomic mass is 9.90. The van der Waals surface area contributed by atoms with Crippen LogP contribution in [0.2, 0.25) is 5.02 Å². The van der Waals surface area contributed by atoms with Gasteiger partial charge in [-0.3, -0.25) is 9.69 Å². The van der Waals surface area contributed by atoms with E-state index < -0.39 is 11.7 Å². The molecule has 9 heteroatoms. The third-order valence-electron chi connectivity index (χ3n) is 7.01. The van der Waals surface area contributed by atoms with Crippen molar-refractivity contribution >= 4 is 23.3 Å². The summed E-state index contributed by atoms with van der Waals surface area (Å²) >= 11 is 6.31. The molecule has 0 saturated heterocycles. The summed E-state index contributed by atoms with van der Waals surface area (Å²) in [5.74, 6) is 0.246. The number of nitrogens with zero attached hydrogens (tertiary/aromatic N) is 1. The van der Waals surface area contributed by atoms with Crippen LogP contribution in [0, 0.1) is 0 Å². The molecule has 43 heavy (non-hydrogen) atoms. The van der Waals surface area contributed by atoms with E-state index in [2.05, 4.69) is 39.2 Å². The molecule has 0 aliphatic carbocycles. The Bertz CT molecular complexity index is 1410. The summed E-state index contributed by atoms with van der Waals surface area (Å²) in [6, 6.07) is 31.5. The van der Waals surface area contributed by atoms with Crippen LogP contribution in [-0.2, 0) is 22.3 Å². The Labute approximate surface area is 255 Å². The van der Waals surface area contributed by atoms with Crippen LogP contribution in [-0.4, -0.2) is 44.2 Å². The molecule has 0 saturated carbocycles. The standard InChI is InChI=1S/C34H34ClF3N2O3/c1-42-32(41)22-39-28-16-9-17-29(21-28)43-20-10-19-40(23-27-15-8-18-31(33(27)35)34(36,37)38)24-30(25-11-4-2-5-12-25)26-13-6-3-7-14-26/h2-9,11-18,21,30,39H,10,19-20,22-24H2,1H3. The van der Waals surface area contributed by atoms with E-state index in [0.29, 0.717) is 37.4 Å². The summed E-state index contributed by atoms with van der Waals surface area (Å²) in [6.07, 6.45) is -3.92. The number of benzene rings is 4. The predicted octanol–water partition coefficient (Wildman–Crippen LogP) is 8.05. The number of hydrogen-bond acceptors (Lipinski definition) is 5. The molecule has 0 aliphatic rings. The summed E-state index contributed by atoms with van der Waals surface area (Å²) in [6.45, 7) is 1.79. The molecule has 4 aromatic rings. The number of halogens is 4. The number of rotatable bonds is 14. The minimum absolute atomic E-state index is 0.00883. The van der Waals surface area contributed by atoms with Gasteiger partial charge in [-0.1, -0.05) is 90.5 Å². The highest BCUT2D eigenvalue weighted by Crippen LogP contribution is 2.37. The molecule has 226 valence electrons. The van der Waals surface area contributed by atoms with E-state index in [0.717, 1.165) is 22.9 Å². The molecule has 0 fully saturated rings. The molecule has 0 amide bonds. The SMILES string of the molecule is COC(=O)CNc1cccc(OCCCN(Cc2cccc(C(F)(F)F)c2Cl)CC(c2ccccc2)c2ccccc2)c1. The minimum Gasteiger partial charge on any atom is -0.493 e. The minimum atomic E-state index is -4.54. The summed E-state index contributed by atoms with van der Waals surface area (Å²) in [5.41, 5.74) is 2.53. The largest absolute Gasteiger partial charge is 0.493 e. The normalized spacial score (nSPS) is 11.5. The van der Waals surface area contributed by atoms with E-state index in [1.54, 1.807) is 12.1 Å². The highest BCUT2D eigenvalue weighted by Gasteiger charge is 2.34. The number of anilines is 1. The van der Waals surface area contributed by atoms with Crippen molar-refractivity contribution in [3.63, 3.8) is 0 Å². The van der Waals surface area contributed by atoms with Crippen molar-refractivity contribution < 1.29 is 27.4 Å². The highest BCUT2D eigenvalue weighted by molar-refractivity contribution is 6.32. The maximum atomic E-state index is 13.6. The number of methoxy groups -OCH3 is 1. The van der Waals surface area contributed by atoms with E-state index in [1.807, 2.05) is 54.6 Å². The fourth-order valence-electron chi connectivity index (χ4n) is 4.85. The summed E-state index contributed by atoms with van der Waals surface area (Å²) in [4.78, 5) is 13.6. The third kappa shape index (κ3) is 9.49. The first-order valence-electron chi connectivity index (χ1n) is 13.9. The molecule has 0 atom stereocenters. The van der Waals surface area contributed by atoms with Gasteiger partial charge in [-0.2, -0.15) is 13.2 Å². The Hall–Kier alpha value is -4.01. The first-order chi connectivity index (χ1) is 20.7. The molecule has 0 bridgehead atoms. The van der Waals surface area contributed by atoms with Crippen molar-refractivity contribution in [2.75, 3.05) is 38.7 Å². The fourth-order valence-corrected chi connectivity index (χ4v) is 5.14. The van der Waals surface area contributed by atoms with Crippen LogP contribution < -0.4 is 10.1 Å². The van der Waals surface area contributed by atoms with Crippen molar-refractivity contribution in [2.24, 2.45) is 0 Å². The molecule has 0 heterocycles. The second-order valence-corrected chi connectivity index (χ2v) is 10.4. The number of esters is 1. The van der Waals surface area contributed by atoms with Gasteiger partial charge in [0.1, 0.15) is 12.3 Å². The molecule has 0 radical (unpaired) electrons. The molecular weight excluding hydrogens is 577 g/mol. The maximum Gasteiger partial charge on any atom is 0.417 e. The van der Waals surface area contributed by atoms with Crippen molar-refractivity contribution in [3.8, 4) is 5.75 Å². The Balaban J connectivity index is 1.51. The van der Waals surface area contributed by atoms with Crippen molar-refractivity contribution in [1.29, 1.82) is 0 Å². The quantitative estimate of drug-likeness (QED) is 0.116. The second kappa shape index (κ2) is 15.5. The zero-order valence-corrected chi connectivity index (χ0v) is 24.6. The van der Waals surface area contributed by atoms with Crippen LogP contribution in [0.4, 0.5) is 18.9 Å². The second-order valence-electron chi connectivity index (χ2n) is 10.0. The van der Waals surface area contributed by atoms with Gasteiger partial charge in [-0.05, 0) is 41.3 Å². The molecule has 0 aromatic heterocycles. The Morgan fingerprint density at radius 1 is 0.907 bits per heavy atom. The van der Waals surface area contributed by atoms with Crippen molar-refractivity contribution in [2.45, 2.75) is 25.1 Å². The van der Waals surface area contributed by atoms with Crippen LogP contribution in [0.5, 0.6) is 5.75 Å². The van der Waals surface area contributed by atoms with Gasteiger partial charge in [-0.25, -0.2) is 0 Å². The molecule has 0 spiro atoms. The molecule has 4 aromatic carbocycles. The number of ether oxygens (including phenoxy) is 2. The lowest BCUT2D eigenvalue weighted by molar-refractivity contribution is -0.139. The van der Waals surface area contributed by atoms with Gasteiger partial charge >= 0.3 is 12.1 Å². The van der Waals surface area contributed by atoms with Gasteiger partial charge in [0.15, 0.2) is 0 Å². The number of carbonyl (C=O) groups is 1. The van der Waals surface area contributed by atoms with E-state index >= 15 is 0 Å². The van der Waals surface area contributed by atoms with Crippen molar-refractivity contribution in [1.82, 2.24) is 4.90 Å². The molecule has 0 unspecified atom stereocenters. The molecular formula is C34H34ClF3N2O3. The zero-order chi connectivity index (χ0) is 30.7.